The highest BCUT2D eigenvalue weighted by atomic mass is 16.3. The van der Waals surface area contributed by atoms with Crippen molar-refractivity contribution >= 4 is 152 Å². The topological polar surface area (TPSA) is 52.6 Å². The van der Waals surface area contributed by atoms with Gasteiger partial charge in [-0.3, -0.25) is 0 Å². The minimum atomic E-state index is -0.540. The van der Waals surface area contributed by atoms with Crippen LogP contribution in [-0.4, -0.2) is 0 Å². The zero-order valence-corrected chi connectivity index (χ0v) is 80.5. The van der Waals surface area contributed by atoms with Gasteiger partial charge in [0, 0.05) is 48.5 Å². The fourth-order valence-electron chi connectivity index (χ4n) is 26.2. The standard InChI is InChI=1S/C51H32O2.C51H32O.C41H24O/c1-51(2)44-25-34(33-16-19-46-40(23-33)42-21-29-9-3-5-11-31(29)26-48(42)52-46)15-18-38(44)50-37-14-8-7-13-36(37)39(28-45(50)51)35-17-20-47-41(24-35)43-22-30-10-4-6-12-32(30)27-49(43)53-47;1-4-14-33(15-5-1)36-24-26-42-46(30-36)51(38-18-6-2-7-19-38,39-20-8-3-9-21-39)47-32-43(40-22-12-13-23-41(40)50(42)47)37-25-27-48-44(29-37)45-28-34-16-10-11-17-35(34)31-49(45)52-48;1-2-10-26-24-40-34(21-25(26)9-1)33-22-27(18-20-39(33)42-40)28-17-19-32-31-13-5-8-16-37(31)41(38(32)23-28)35-14-6-3-11-29(35)30-12-4-7-15-36(30)41/h3-28H,1-2H3;1-32H;1-24H. The van der Waals surface area contributed by atoms with Gasteiger partial charge in [-0.2, -0.15) is 0 Å². The molecule has 29 aromatic rings. The van der Waals surface area contributed by atoms with Crippen molar-refractivity contribution in [2.24, 2.45) is 0 Å². The summed E-state index contributed by atoms with van der Waals surface area (Å²) in [5.74, 6) is 0. The normalized spacial score (nSPS) is 13.5. The number of hydrogen-bond acceptors (Lipinski definition) is 4. The van der Waals surface area contributed by atoms with Crippen LogP contribution in [0.1, 0.15) is 69.5 Å². The number of furan rings is 4. The lowest BCUT2D eigenvalue weighted by Gasteiger charge is -2.34. The van der Waals surface area contributed by atoms with Crippen LogP contribution in [-0.2, 0) is 16.2 Å². The van der Waals surface area contributed by atoms with E-state index in [9.17, 15) is 0 Å². The number of hydrogen-bond donors (Lipinski definition) is 0. The second kappa shape index (κ2) is 31.6. The van der Waals surface area contributed by atoms with Crippen LogP contribution in [0, 0.1) is 0 Å². The molecule has 4 aliphatic rings. The maximum absolute atomic E-state index is 6.45. The second-order valence-corrected chi connectivity index (χ2v) is 41.0. The van der Waals surface area contributed by atoms with Crippen LogP contribution >= 0.6 is 0 Å². The van der Waals surface area contributed by atoms with E-state index >= 15 is 0 Å². The van der Waals surface area contributed by atoms with E-state index in [-0.39, 0.29) is 10.8 Å². The Labute approximate surface area is 847 Å². The van der Waals surface area contributed by atoms with E-state index in [0.717, 1.165) is 87.8 Å². The van der Waals surface area contributed by atoms with Crippen LogP contribution in [0.15, 0.2) is 515 Å². The monoisotopic (exact) mass is 1870 g/mol. The fraction of sp³-hybridized carbons (Fsp3) is 0.0350. The summed E-state index contributed by atoms with van der Waals surface area (Å²) >= 11 is 0. The van der Waals surface area contributed by atoms with Crippen LogP contribution < -0.4 is 0 Å². The summed E-state index contributed by atoms with van der Waals surface area (Å²) in [6, 6.07) is 183. The fourth-order valence-corrected chi connectivity index (χ4v) is 26.2. The Morgan fingerprint density at radius 1 is 0.136 bits per heavy atom. The highest BCUT2D eigenvalue weighted by molar-refractivity contribution is 6.19. The van der Waals surface area contributed by atoms with Crippen molar-refractivity contribution in [2.75, 3.05) is 0 Å². The lowest BCUT2D eigenvalue weighted by atomic mass is 9.67. The molecule has 0 fully saturated rings. The van der Waals surface area contributed by atoms with Gasteiger partial charge in [0.2, 0.25) is 0 Å². The van der Waals surface area contributed by atoms with Crippen LogP contribution in [0.3, 0.4) is 0 Å². The zero-order valence-electron chi connectivity index (χ0n) is 80.5. The maximum Gasteiger partial charge on any atom is 0.136 e. The van der Waals surface area contributed by atoms with Crippen LogP contribution in [0.2, 0.25) is 0 Å². The van der Waals surface area contributed by atoms with Gasteiger partial charge in [-0.1, -0.05) is 384 Å². The van der Waals surface area contributed by atoms with Crippen molar-refractivity contribution in [1.82, 2.24) is 0 Å². The first-order chi connectivity index (χ1) is 72.5. The molecule has 4 heteroatoms. The van der Waals surface area contributed by atoms with Crippen molar-refractivity contribution in [1.29, 1.82) is 0 Å². The molecule has 1 spiro atoms. The van der Waals surface area contributed by atoms with E-state index in [0.29, 0.717) is 0 Å². The van der Waals surface area contributed by atoms with Gasteiger partial charge in [0.05, 0.1) is 10.8 Å². The Balaban J connectivity index is 0.000000101. The predicted molar refractivity (Wildman–Crippen MR) is 612 cm³/mol. The number of fused-ring (bicyclic) bond motifs is 36. The van der Waals surface area contributed by atoms with Gasteiger partial charge < -0.3 is 17.7 Å². The third-order valence-electron chi connectivity index (χ3n) is 33.0. The number of rotatable bonds is 7. The van der Waals surface area contributed by atoms with E-state index in [1.807, 2.05) is 0 Å². The molecule has 0 amide bonds. The molecule has 0 radical (unpaired) electrons. The third-order valence-corrected chi connectivity index (χ3v) is 33.0. The van der Waals surface area contributed by atoms with Crippen molar-refractivity contribution in [3.05, 3.63) is 553 Å². The molecule has 0 N–H and O–H groups in total. The Bertz CT molecular complexity index is 10600. The van der Waals surface area contributed by atoms with E-state index in [4.69, 9.17) is 17.7 Å². The molecular formula is C143H88O4. The van der Waals surface area contributed by atoms with Crippen LogP contribution in [0.4, 0.5) is 0 Å². The highest BCUT2D eigenvalue weighted by Gasteiger charge is 2.53. The minimum Gasteiger partial charge on any atom is -0.456 e. The van der Waals surface area contributed by atoms with E-state index < -0.39 is 5.41 Å². The summed E-state index contributed by atoms with van der Waals surface area (Å²) in [5, 5.41) is 23.9. The molecule has 4 nitrogen and oxygen atoms in total. The lowest BCUT2D eigenvalue weighted by Crippen LogP contribution is -2.28. The van der Waals surface area contributed by atoms with Gasteiger partial charge in [-0.25, -0.2) is 0 Å². The first-order valence-electron chi connectivity index (χ1n) is 51.0. The van der Waals surface area contributed by atoms with Gasteiger partial charge in [0.25, 0.3) is 0 Å². The lowest BCUT2D eigenvalue weighted by molar-refractivity contribution is 0.661. The highest BCUT2D eigenvalue weighted by Crippen LogP contribution is 2.65. The molecule has 25 aromatic carbocycles. The summed E-state index contributed by atoms with van der Waals surface area (Å²) in [6.07, 6.45) is 0. The van der Waals surface area contributed by atoms with Crippen molar-refractivity contribution < 1.29 is 17.7 Å². The molecule has 33 rings (SSSR count). The molecule has 0 aliphatic heterocycles. The molecule has 4 aromatic heterocycles. The molecule has 4 aliphatic carbocycles. The molecule has 684 valence electrons. The molecule has 4 heterocycles. The molecule has 0 saturated heterocycles. The van der Waals surface area contributed by atoms with Gasteiger partial charge in [-0.05, 0) is 348 Å². The zero-order chi connectivity index (χ0) is 96.6. The van der Waals surface area contributed by atoms with E-state index in [2.05, 4.69) is 511 Å². The van der Waals surface area contributed by atoms with E-state index in [1.165, 1.54) is 220 Å². The first kappa shape index (κ1) is 82.9. The summed E-state index contributed by atoms with van der Waals surface area (Å²) in [5.41, 5.74) is 42.4. The quantitative estimate of drug-likeness (QED) is 0.160. The Kier molecular flexibility index (Phi) is 17.8. The predicted octanol–water partition coefficient (Wildman–Crippen LogP) is 38.9. The van der Waals surface area contributed by atoms with Gasteiger partial charge >= 0.3 is 0 Å². The van der Waals surface area contributed by atoms with E-state index in [1.54, 1.807) is 0 Å². The molecule has 0 unspecified atom stereocenters. The third kappa shape index (κ3) is 12.3. The van der Waals surface area contributed by atoms with Crippen molar-refractivity contribution in [3.63, 3.8) is 0 Å². The number of benzene rings is 25. The Morgan fingerprint density at radius 3 is 0.803 bits per heavy atom. The second-order valence-electron chi connectivity index (χ2n) is 41.0. The van der Waals surface area contributed by atoms with Crippen molar-refractivity contribution in [3.8, 4) is 100 Å². The average molecular weight is 1870 g/mol. The summed E-state index contributed by atoms with van der Waals surface area (Å²) in [6.45, 7) is 4.77. The first-order valence-corrected chi connectivity index (χ1v) is 51.0. The summed E-state index contributed by atoms with van der Waals surface area (Å²) in [4.78, 5) is 0. The average Bonchev–Trinajstić information content (AvgIpc) is 1.68. The maximum atomic E-state index is 6.45. The largest absolute Gasteiger partial charge is 0.456 e. The van der Waals surface area contributed by atoms with Crippen LogP contribution in [0.5, 0.6) is 0 Å². The molecule has 0 bridgehead atoms. The minimum absolute atomic E-state index is 0.198. The molecule has 147 heavy (non-hydrogen) atoms. The summed E-state index contributed by atoms with van der Waals surface area (Å²) in [7, 11) is 0. The molecule has 0 atom stereocenters. The van der Waals surface area contributed by atoms with Crippen molar-refractivity contribution in [2.45, 2.75) is 30.1 Å². The summed E-state index contributed by atoms with van der Waals surface area (Å²) < 4.78 is 25.5. The SMILES string of the molecule is CC1(C)c2cc(-c3ccc4oc5cc6ccccc6cc5c4c3)ccc2-c2c1cc(-c1ccc3oc4cc5ccccc5cc4c3c1)c1ccccc21.c1ccc(-c2ccc3c(c2)C(c2ccccc2)(c2ccccc2)c2cc(-c4ccc5oc6cc7ccccc7cc6c5c4)c4ccccc4c2-3)cc1.c1ccc2c(c1)-c1ccccc1C21c2ccccc2-c2ccc(-c3ccc4oc5cc6ccccc6cc5c4c3)cc21. The van der Waals surface area contributed by atoms with Gasteiger partial charge in [0.1, 0.15) is 44.7 Å². The Morgan fingerprint density at radius 2 is 0.401 bits per heavy atom. The molecular weight excluding hydrogens is 1780 g/mol. The van der Waals surface area contributed by atoms with Gasteiger partial charge in [-0.15, -0.1) is 0 Å². The van der Waals surface area contributed by atoms with Gasteiger partial charge in [0.15, 0.2) is 0 Å². The smallest absolute Gasteiger partial charge is 0.136 e. The Hall–Kier alpha value is -18.7. The van der Waals surface area contributed by atoms with Crippen LogP contribution in [0.25, 0.3) is 253 Å². The molecule has 0 saturated carbocycles.